The Labute approximate surface area is 106 Å². The molecule has 0 unspecified atom stereocenters. The molecule has 0 radical (unpaired) electrons. The number of hydrogen-bond acceptors (Lipinski definition) is 5. The zero-order chi connectivity index (χ0) is 13.6. The summed E-state index contributed by atoms with van der Waals surface area (Å²) in [5, 5.41) is 11.1. The second-order valence-corrected chi connectivity index (χ2v) is 4.64. The lowest BCUT2D eigenvalue weighted by Gasteiger charge is -2.19. The third-order valence-corrected chi connectivity index (χ3v) is 1.87. The minimum Gasteiger partial charge on any atom is -0.444 e. The molecule has 0 spiro atoms. The average molecular weight is 248 g/mol. The normalized spacial score (nSPS) is 10.6. The van der Waals surface area contributed by atoms with Crippen LogP contribution in [0.1, 0.15) is 32.9 Å². The first-order chi connectivity index (χ1) is 8.42. The Hall–Kier alpha value is -2.16. The van der Waals surface area contributed by atoms with Gasteiger partial charge in [-0.15, -0.1) is 0 Å². The van der Waals surface area contributed by atoms with Crippen molar-refractivity contribution in [3.63, 3.8) is 0 Å². The molecule has 0 aliphatic rings. The molecule has 6 nitrogen and oxygen atoms in total. The summed E-state index contributed by atoms with van der Waals surface area (Å²) in [4.78, 5) is 19.7. The van der Waals surface area contributed by atoms with Gasteiger partial charge in [-0.25, -0.2) is 9.78 Å². The van der Waals surface area contributed by atoms with Crippen LogP contribution in [0.25, 0.3) is 0 Å². The molecule has 1 aromatic heterocycles. The zero-order valence-corrected chi connectivity index (χ0v) is 10.7. The van der Waals surface area contributed by atoms with Crippen LogP contribution in [0.2, 0.25) is 0 Å². The lowest BCUT2D eigenvalue weighted by atomic mass is 10.2. The topological polar surface area (TPSA) is 87.9 Å². The molecular weight excluding hydrogens is 232 g/mol. The summed E-state index contributed by atoms with van der Waals surface area (Å²) in [7, 11) is 0. The number of carbonyl (C=O) groups excluding carboxylic acids is 1. The number of amides is 1. The van der Waals surface area contributed by atoms with Crippen LogP contribution in [0.5, 0.6) is 0 Å². The lowest BCUT2D eigenvalue weighted by molar-refractivity contribution is 0.0635. The highest BCUT2D eigenvalue weighted by Gasteiger charge is 2.17. The Balaban J connectivity index is 2.72. The fourth-order valence-electron chi connectivity index (χ4n) is 1.23. The highest BCUT2D eigenvalue weighted by molar-refractivity contribution is 5.84. The number of carbonyl (C=O) groups is 1. The Kier molecular flexibility index (Phi) is 4.60. The van der Waals surface area contributed by atoms with E-state index in [1.165, 1.54) is 12.4 Å². The molecule has 0 fully saturated rings. The second-order valence-electron chi connectivity index (χ2n) is 4.64. The van der Waals surface area contributed by atoms with E-state index in [1.807, 2.05) is 6.07 Å². The molecule has 18 heavy (non-hydrogen) atoms. The van der Waals surface area contributed by atoms with Crippen molar-refractivity contribution in [1.29, 1.82) is 5.26 Å². The van der Waals surface area contributed by atoms with Crippen LogP contribution in [0.15, 0.2) is 12.4 Å². The van der Waals surface area contributed by atoms with Crippen molar-refractivity contribution in [1.82, 2.24) is 9.97 Å². The molecule has 96 valence electrons. The zero-order valence-electron chi connectivity index (χ0n) is 10.7. The Bertz CT molecular complexity index is 460. The minimum atomic E-state index is -0.582. The molecule has 1 N–H and O–H groups in total. The van der Waals surface area contributed by atoms with Gasteiger partial charge >= 0.3 is 6.09 Å². The van der Waals surface area contributed by atoms with Crippen LogP contribution in [0.4, 0.5) is 10.6 Å². The maximum absolute atomic E-state index is 11.6. The number of aryl methyl sites for hydroxylation is 1. The van der Waals surface area contributed by atoms with E-state index in [9.17, 15) is 4.79 Å². The monoisotopic (exact) mass is 248 g/mol. The maximum atomic E-state index is 11.6. The number of nitrogens with zero attached hydrogens (tertiary/aromatic N) is 3. The van der Waals surface area contributed by atoms with Gasteiger partial charge in [-0.2, -0.15) is 5.26 Å². The molecule has 6 heteroatoms. The van der Waals surface area contributed by atoms with E-state index in [-0.39, 0.29) is 0 Å². The van der Waals surface area contributed by atoms with Crippen molar-refractivity contribution in [3.05, 3.63) is 18.1 Å². The predicted octanol–water partition coefficient (Wildman–Crippen LogP) is 2.28. The van der Waals surface area contributed by atoms with Crippen molar-refractivity contribution in [2.75, 3.05) is 5.32 Å². The standard InChI is InChI=1S/C12H16N4O2/c1-12(2,3)18-11(17)16-10-9(5-4-6-13)14-7-8-15-10/h7-8H,4-5H2,1-3H3,(H,15,16,17). The van der Waals surface area contributed by atoms with Gasteiger partial charge in [0.1, 0.15) is 5.60 Å². The van der Waals surface area contributed by atoms with Gasteiger partial charge in [0.05, 0.1) is 11.8 Å². The molecule has 1 amide bonds. The summed E-state index contributed by atoms with van der Waals surface area (Å²) < 4.78 is 5.12. The molecule has 0 saturated heterocycles. The Morgan fingerprint density at radius 2 is 2.11 bits per heavy atom. The van der Waals surface area contributed by atoms with Crippen molar-refractivity contribution >= 4 is 11.9 Å². The Morgan fingerprint density at radius 1 is 1.44 bits per heavy atom. The quantitative estimate of drug-likeness (QED) is 0.886. The summed E-state index contributed by atoms with van der Waals surface area (Å²) in [6.07, 6.45) is 3.17. The predicted molar refractivity (Wildman–Crippen MR) is 65.8 cm³/mol. The number of ether oxygens (including phenoxy) is 1. The van der Waals surface area contributed by atoms with Gasteiger partial charge in [0.25, 0.3) is 0 Å². The molecule has 0 atom stereocenters. The SMILES string of the molecule is CC(C)(C)OC(=O)Nc1nccnc1CCC#N. The largest absolute Gasteiger partial charge is 0.444 e. The lowest BCUT2D eigenvalue weighted by Crippen LogP contribution is -2.28. The second kappa shape index (κ2) is 5.96. The molecule has 0 bridgehead atoms. The number of nitrogens with one attached hydrogen (secondary N) is 1. The van der Waals surface area contributed by atoms with Gasteiger partial charge in [0.15, 0.2) is 5.82 Å². The highest BCUT2D eigenvalue weighted by atomic mass is 16.6. The molecule has 0 saturated carbocycles. The van der Waals surface area contributed by atoms with Gasteiger partial charge < -0.3 is 4.74 Å². The molecule has 1 rings (SSSR count). The van der Waals surface area contributed by atoms with Crippen molar-refractivity contribution in [2.24, 2.45) is 0 Å². The molecule has 1 heterocycles. The van der Waals surface area contributed by atoms with Crippen molar-refractivity contribution in [3.8, 4) is 6.07 Å². The van der Waals surface area contributed by atoms with Crippen molar-refractivity contribution < 1.29 is 9.53 Å². The number of aromatic nitrogens is 2. The summed E-state index contributed by atoms with van der Waals surface area (Å²) >= 11 is 0. The van der Waals surface area contributed by atoms with Crippen LogP contribution >= 0.6 is 0 Å². The van der Waals surface area contributed by atoms with Gasteiger partial charge in [0, 0.05) is 25.2 Å². The minimum absolute atomic E-state index is 0.321. The van der Waals surface area contributed by atoms with E-state index in [2.05, 4.69) is 15.3 Å². The Morgan fingerprint density at radius 3 is 2.72 bits per heavy atom. The third kappa shape index (κ3) is 4.78. The summed E-state index contributed by atoms with van der Waals surface area (Å²) in [5.41, 5.74) is 0.00366. The average Bonchev–Trinajstić information content (AvgIpc) is 2.25. The number of hydrogen-bond donors (Lipinski definition) is 1. The maximum Gasteiger partial charge on any atom is 0.413 e. The first-order valence-electron chi connectivity index (χ1n) is 5.59. The molecule has 0 aliphatic heterocycles. The third-order valence-electron chi connectivity index (χ3n) is 1.87. The fourth-order valence-corrected chi connectivity index (χ4v) is 1.23. The molecule has 1 aromatic rings. The summed E-state index contributed by atoms with van der Waals surface area (Å²) in [6, 6.07) is 2.02. The first-order valence-corrected chi connectivity index (χ1v) is 5.59. The van der Waals surface area contributed by atoms with E-state index in [1.54, 1.807) is 20.8 Å². The van der Waals surface area contributed by atoms with E-state index >= 15 is 0 Å². The number of anilines is 1. The van der Waals surface area contributed by atoms with Gasteiger partial charge in [-0.3, -0.25) is 10.3 Å². The van der Waals surface area contributed by atoms with Crippen LogP contribution in [0.3, 0.4) is 0 Å². The number of nitriles is 1. The van der Waals surface area contributed by atoms with Gasteiger partial charge in [-0.1, -0.05) is 0 Å². The van der Waals surface area contributed by atoms with E-state index in [0.717, 1.165) is 0 Å². The van der Waals surface area contributed by atoms with Crippen LogP contribution < -0.4 is 5.32 Å². The van der Waals surface area contributed by atoms with Crippen LogP contribution in [-0.4, -0.2) is 21.7 Å². The molecule has 0 aromatic carbocycles. The van der Waals surface area contributed by atoms with Crippen LogP contribution in [-0.2, 0) is 11.2 Å². The highest BCUT2D eigenvalue weighted by Crippen LogP contribution is 2.13. The van der Waals surface area contributed by atoms with Gasteiger partial charge in [-0.05, 0) is 20.8 Å². The van der Waals surface area contributed by atoms with Gasteiger partial charge in [0.2, 0.25) is 0 Å². The first kappa shape index (κ1) is 13.9. The summed E-state index contributed by atoms with van der Waals surface area (Å²) in [5.74, 6) is 0.335. The summed E-state index contributed by atoms with van der Waals surface area (Å²) in [6.45, 7) is 5.33. The van der Waals surface area contributed by atoms with E-state index in [0.29, 0.717) is 24.4 Å². The van der Waals surface area contributed by atoms with Crippen molar-refractivity contribution in [2.45, 2.75) is 39.2 Å². The van der Waals surface area contributed by atoms with E-state index in [4.69, 9.17) is 10.00 Å². The molecule has 0 aliphatic carbocycles. The fraction of sp³-hybridized carbons (Fsp3) is 0.500. The van der Waals surface area contributed by atoms with Crippen LogP contribution in [0, 0.1) is 11.3 Å². The molecular formula is C12H16N4O2. The van der Waals surface area contributed by atoms with E-state index < -0.39 is 11.7 Å². The number of rotatable bonds is 3. The smallest absolute Gasteiger partial charge is 0.413 e.